The van der Waals surface area contributed by atoms with Gasteiger partial charge >= 0.3 is 59.0 Å². The van der Waals surface area contributed by atoms with Crippen molar-refractivity contribution < 1.29 is 69.3 Å². The van der Waals surface area contributed by atoms with Gasteiger partial charge in [0.1, 0.15) is 0 Å². The molecule has 2 rings (SSSR count). The van der Waals surface area contributed by atoms with Crippen molar-refractivity contribution in [3.8, 4) is 0 Å². The Hall–Kier alpha value is -0.156. The predicted molar refractivity (Wildman–Crippen MR) is 159 cm³/mol. The summed E-state index contributed by atoms with van der Waals surface area (Å²) in [5, 5.41) is 0.808. The van der Waals surface area contributed by atoms with E-state index in [1.165, 1.54) is 78.2 Å². The molecule has 0 amide bonds. The molecular formula is C23H43ClMgO13Si4. The Balaban J connectivity index is -0.000000589. The van der Waals surface area contributed by atoms with Gasteiger partial charge in [-0.15, -0.1) is 0 Å². The number of halogens is 1. The van der Waals surface area contributed by atoms with E-state index in [-0.39, 0.29) is 35.5 Å². The minimum absolute atomic E-state index is 0. The minimum Gasteiger partial charge on any atom is -1.00 e. The summed E-state index contributed by atoms with van der Waals surface area (Å²) in [6.07, 6.45) is 0. The predicted octanol–water partition coefficient (Wildman–Crippen LogP) is -1.62. The van der Waals surface area contributed by atoms with Crippen molar-refractivity contribution in [1.82, 2.24) is 0 Å². The first kappa shape index (κ1) is 46.3. The quantitative estimate of drug-likeness (QED) is 0.148. The zero-order valence-corrected chi connectivity index (χ0v) is 32.3. The van der Waals surface area contributed by atoms with Gasteiger partial charge in [0.05, 0.1) is 0 Å². The molecule has 0 fully saturated rings. The molecule has 2 aromatic rings. The van der Waals surface area contributed by atoms with E-state index in [4.69, 9.17) is 56.9 Å². The Morgan fingerprint density at radius 3 is 0.976 bits per heavy atom. The monoisotopic (exact) mass is 698 g/mol. The van der Waals surface area contributed by atoms with Gasteiger partial charge in [0, 0.05) is 83.4 Å². The van der Waals surface area contributed by atoms with E-state index in [0.717, 1.165) is 5.19 Å². The summed E-state index contributed by atoms with van der Waals surface area (Å²) >= 11 is 0. The van der Waals surface area contributed by atoms with Crippen LogP contribution in [-0.2, 0) is 56.9 Å². The molecule has 0 heterocycles. The summed E-state index contributed by atoms with van der Waals surface area (Å²) in [5.41, 5.74) is 0. The third kappa shape index (κ3) is 14.3. The van der Waals surface area contributed by atoms with Crippen molar-refractivity contribution in [2.75, 3.05) is 78.2 Å². The molecule has 0 bridgehead atoms. The Bertz CT molecular complexity index is 798. The maximum Gasteiger partial charge on any atom is 2.00 e. The van der Waals surface area contributed by atoms with Crippen molar-refractivity contribution in [3.63, 3.8) is 0 Å². The molecule has 0 aliphatic carbocycles. The van der Waals surface area contributed by atoms with Crippen molar-refractivity contribution >= 4 is 64.2 Å². The van der Waals surface area contributed by atoms with Gasteiger partial charge in [0.2, 0.25) is 0 Å². The van der Waals surface area contributed by atoms with Gasteiger partial charge < -0.3 is 69.3 Å². The zero-order valence-electron chi connectivity index (χ0n) is 26.2. The average molecular weight is 700 g/mol. The van der Waals surface area contributed by atoms with Gasteiger partial charge in [0.15, 0.2) is 0 Å². The second-order valence-corrected chi connectivity index (χ2v) is 17.8. The maximum atomic E-state index is 5.92. The summed E-state index contributed by atoms with van der Waals surface area (Å²) < 4.78 is 68.6. The van der Waals surface area contributed by atoms with Crippen LogP contribution in [0.5, 0.6) is 0 Å². The molecule has 0 atom stereocenters. The van der Waals surface area contributed by atoms with Crippen LogP contribution < -0.4 is 17.6 Å². The Labute approximate surface area is 277 Å². The average Bonchev–Trinajstić information content (AvgIpc) is 3.05. The van der Waals surface area contributed by atoms with E-state index in [0.29, 0.717) is 0 Å². The first-order valence-corrected chi connectivity index (χ1v) is 18.2. The SMILES string of the molecule is CO[Si](OC)(OC)O[Si](OC)(OC)OC.CO[Si](OC)(OC)O[Si](OC)(OC)c1ccccc1.[Cl-].[Mg+2].[c-]1ccccc1. The molecule has 0 aliphatic heterocycles. The van der Waals surface area contributed by atoms with Crippen molar-refractivity contribution in [3.05, 3.63) is 66.7 Å². The van der Waals surface area contributed by atoms with E-state index >= 15 is 0 Å². The largest absolute Gasteiger partial charge is 2.00 e. The molecule has 0 radical (unpaired) electrons. The second-order valence-electron chi connectivity index (χ2n) is 6.95. The standard InChI is InChI=1S/C11H20O6Si2.C6H18O7Si2.C6H5.ClH.Mg/c1-12-18(13-2,11-9-7-6-8-10-11)17-19(14-3,15-4)16-5;1-7-14(8-2,9-3)13-15(10-4,11-5)12-6;1-2-4-6-5-3-1;;/h6-10H,1-5H3;1-6H3;1-5H;1H;/q;;-1;;+2/p-1. The molecule has 238 valence electrons. The van der Waals surface area contributed by atoms with Gasteiger partial charge in [-0.3, -0.25) is 0 Å². The molecule has 19 heteroatoms. The molecule has 0 aliphatic rings. The summed E-state index contributed by atoms with van der Waals surface area (Å²) in [6.45, 7) is 0. The molecule has 0 aromatic heterocycles. The molecule has 0 spiro atoms. The van der Waals surface area contributed by atoms with Gasteiger partial charge in [-0.25, -0.2) is 0 Å². The molecule has 2 aromatic carbocycles. The van der Waals surface area contributed by atoms with Gasteiger partial charge in [-0.2, -0.15) is 36.4 Å². The van der Waals surface area contributed by atoms with Crippen LogP contribution in [0.4, 0.5) is 0 Å². The Morgan fingerprint density at radius 2 is 0.738 bits per heavy atom. The fourth-order valence-corrected chi connectivity index (χ4v) is 12.3. The minimum atomic E-state index is -3.27. The molecule has 13 nitrogen and oxygen atoms in total. The number of benzene rings is 2. The van der Waals surface area contributed by atoms with Gasteiger partial charge in [0.25, 0.3) is 0 Å². The summed E-state index contributed by atoms with van der Waals surface area (Å²) in [5.74, 6) is 0. The maximum absolute atomic E-state index is 5.92. The number of rotatable bonds is 16. The van der Waals surface area contributed by atoms with Crippen molar-refractivity contribution in [2.45, 2.75) is 0 Å². The van der Waals surface area contributed by atoms with Crippen LogP contribution in [0.2, 0.25) is 0 Å². The number of hydrogen-bond donors (Lipinski definition) is 0. The third-order valence-corrected chi connectivity index (χ3v) is 15.7. The van der Waals surface area contributed by atoms with E-state index < -0.39 is 35.9 Å². The van der Waals surface area contributed by atoms with Crippen LogP contribution in [0.3, 0.4) is 0 Å². The summed E-state index contributed by atoms with van der Waals surface area (Å²) in [4.78, 5) is 0. The van der Waals surface area contributed by atoms with E-state index in [1.807, 2.05) is 60.7 Å². The van der Waals surface area contributed by atoms with E-state index in [2.05, 4.69) is 6.07 Å². The summed E-state index contributed by atoms with van der Waals surface area (Å²) in [7, 11) is 3.10. The van der Waals surface area contributed by atoms with Crippen molar-refractivity contribution in [2.24, 2.45) is 0 Å². The normalized spacial score (nSPS) is 11.6. The van der Waals surface area contributed by atoms with Crippen LogP contribution in [0, 0.1) is 6.07 Å². The summed E-state index contributed by atoms with van der Waals surface area (Å²) in [6, 6.07) is 21.9. The van der Waals surface area contributed by atoms with Crippen LogP contribution in [0.15, 0.2) is 60.7 Å². The molecular weight excluding hydrogens is 656 g/mol. The smallest absolute Gasteiger partial charge is 1.00 e. The Kier molecular flexibility index (Phi) is 27.6. The van der Waals surface area contributed by atoms with Crippen molar-refractivity contribution in [1.29, 1.82) is 0 Å². The fraction of sp³-hybridized carbons (Fsp3) is 0.478. The molecule has 0 saturated heterocycles. The van der Waals surface area contributed by atoms with E-state index in [9.17, 15) is 0 Å². The van der Waals surface area contributed by atoms with E-state index in [1.54, 1.807) is 0 Å². The first-order chi connectivity index (χ1) is 19.2. The van der Waals surface area contributed by atoms with Gasteiger partial charge in [-0.1, -0.05) is 30.3 Å². The molecule has 0 saturated carbocycles. The third-order valence-electron chi connectivity index (χ3n) is 5.03. The number of hydrogen-bond acceptors (Lipinski definition) is 13. The Morgan fingerprint density at radius 1 is 0.429 bits per heavy atom. The molecule has 0 N–H and O–H groups in total. The first-order valence-electron chi connectivity index (χ1n) is 11.6. The fourth-order valence-electron chi connectivity index (χ4n) is 2.89. The molecule has 42 heavy (non-hydrogen) atoms. The van der Waals surface area contributed by atoms with Crippen LogP contribution in [-0.4, -0.2) is 137 Å². The molecule has 0 unspecified atom stereocenters. The van der Waals surface area contributed by atoms with Crippen LogP contribution in [0.25, 0.3) is 0 Å². The van der Waals surface area contributed by atoms with Crippen LogP contribution in [0.1, 0.15) is 0 Å². The zero-order chi connectivity index (χ0) is 30.5. The van der Waals surface area contributed by atoms with Gasteiger partial charge in [-0.05, 0) is 0 Å². The topological polar surface area (TPSA) is 120 Å². The second kappa shape index (κ2) is 25.1. The van der Waals surface area contributed by atoms with Crippen LogP contribution >= 0.6 is 0 Å².